The quantitative estimate of drug-likeness (QED) is 0.702. The first-order valence-corrected chi connectivity index (χ1v) is 10.9. The molecule has 2 heterocycles. The Bertz CT molecular complexity index is 1180. The zero-order valence-corrected chi connectivity index (χ0v) is 17.6. The van der Waals surface area contributed by atoms with Crippen molar-refractivity contribution in [3.05, 3.63) is 67.2 Å². The lowest BCUT2D eigenvalue weighted by Crippen LogP contribution is -2.43. The van der Waals surface area contributed by atoms with Crippen LogP contribution in [0, 0.1) is 13.8 Å². The topological polar surface area (TPSA) is 73.1 Å². The Morgan fingerprint density at radius 2 is 1.86 bits per heavy atom. The van der Waals surface area contributed by atoms with Crippen LogP contribution in [0.1, 0.15) is 42.4 Å². The van der Waals surface area contributed by atoms with Crippen molar-refractivity contribution in [3.63, 3.8) is 0 Å². The first-order valence-electron chi connectivity index (χ1n) is 10.0. The van der Waals surface area contributed by atoms with E-state index in [0.717, 1.165) is 42.4 Å². The minimum atomic E-state index is -0.444. The number of hydrogen-bond donors (Lipinski definition) is 1. The van der Waals surface area contributed by atoms with Gasteiger partial charge in [-0.15, -0.1) is 11.3 Å². The lowest BCUT2D eigenvalue weighted by molar-refractivity contribution is -0.122. The van der Waals surface area contributed by atoms with Gasteiger partial charge in [0.25, 0.3) is 5.56 Å². The van der Waals surface area contributed by atoms with E-state index in [1.165, 1.54) is 20.5 Å². The fraction of sp³-hybridized carbons (Fsp3) is 0.409. The molecular weight excluding hydrogens is 386 g/mol. The third-order valence-corrected chi connectivity index (χ3v) is 6.66. The maximum Gasteiger partial charge on any atom is 0.332 e. The summed E-state index contributed by atoms with van der Waals surface area (Å²) >= 11 is 1.30. The van der Waals surface area contributed by atoms with E-state index in [9.17, 15) is 14.4 Å². The molecule has 1 amide bonds. The van der Waals surface area contributed by atoms with E-state index >= 15 is 0 Å². The van der Waals surface area contributed by atoms with Crippen LogP contribution < -0.4 is 16.6 Å². The maximum absolute atomic E-state index is 13.2. The summed E-state index contributed by atoms with van der Waals surface area (Å²) in [5.41, 5.74) is 2.96. The molecule has 0 radical (unpaired) electrons. The molecule has 3 aromatic rings. The third-order valence-electron chi connectivity index (χ3n) is 5.77. The summed E-state index contributed by atoms with van der Waals surface area (Å²) in [5, 5.41) is 4.82. The molecule has 0 bridgehead atoms. The summed E-state index contributed by atoms with van der Waals surface area (Å²) in [6.07, 6.45) is 4.22. The number of amides is 1. The van der Waals surface area contributed by atoms with Gasteiger partial charge in [0.15, 0.2) is 0 Å². The van der Waals surface area contributed by atoms with Crippen LogP contribution >= 0.6 is 11.3 Å². The number of aryl methyl sites for hydroxylation is 2. The van der Waals surface area contributed by atoms with E-state index in [1.54, 1.807) is 11.4 Å². The van der Waals surface area contributed by atoms with Crippen molar-refractivity contribution < 1.29 is 4.79 Å². The Morgan fingerprint density at radius 1 is 1.10 bits per heavy atom. The van der Waals surface area contributed by atoms with Crippen molar-refractivity contribution in [2.45, 2.75) is 58.7 Å². The summed E-state index contributed by atoms with van der Waals surface area (Å²) < 4.78 is 3.17. The van der Waals surface area contributed by atoms with Crippen LogP contribution in [-0.4, -0.2) is 21.1 Å². The van der Waals surface area contributed by atoms with Crippen molar-refractivity contribution in [3.8, 4) is 0 Å². The minimum Gasteiger partial charge on any atom is -0.352 e. The number of thiophene rings is 1. The number of nitrogens with zero attached hydrogens (tertiary/aromatic N) is 2. The van der Waals surface area contributed by atoms with Crippen molar-refractivity contribution in [2.75, 3.05) is 0 Å². The predicted octanol–water partition coefficient (Wildman–Crippen LogP) is 2.95. The van der Waals surface area contributed by atoms with Crippen molar-refractivity contribution in [1.82, 2.24) is 14.5 Å². The average molecular weight is 412 g/mol. The van der Waals surface area contributed by atoms with E-state index in [4.69, 9.17) is 0 Å². The van der Waals surface area contributed by atoms with Crippen molar-refractivity contribution >= 4 is 27.5 Å². The molecule has 0 unspecified atom stereocenters. The highest BCUT2D eigenvalue weighted by atomic mass is 32.1. The molecule has 0 saturated heterocycles. The summed E-state index contributed by atoms with van der Waals surface area (Å²) in [7, 11) is 0. The highest BCUT2D eigenvalue weighted by Gasteiger charge is 2.20. The van der Waals surface area contributed by atoms with Gasteiger partial charge in [-0.05, 0) is 54.8 Å². The second-order valence-corrected chi connectivity index (χ2v) is 8.78. The molecule has 1 aliphatic rings. The Morgan fingerprint density at radius 3 is 2.59 bits per heavy atom. The number of carbonyl (C=O) groups excluding carboxylic acids is 1. The molecule has 0 atom stereocenters. The number of carbonyl (C=O) groups is 1. The van der Waals surface area contributed by atoms with E-state index in [-0.39, 0.29) is 30.6 Å². The molecule has 0 spiro atoms. The standard InChI is InChI=1S/C22H25N3O3S/c1-14-7-8-16(11-15(14)2)12-25-21(27)20-18(9-10-29-20)24(22(25)28)13-19(26)23-17-5-3-4-6-17/h7-11,17H,3-6,12-13H2,1-2H3,(H,23,26). The normalized spacial score (nSPS) is 14.6. The van der Waals surface area contributed by atoms with E-state index in [1.807, 2.05) is 32.0 Å². The van der Waals surface area contributed by atoms with Crippen LogP contribution in [0.2, 0.25) is 0 Å². The van der Waals surface area contributed by atoms with Gasteiger partial charge >= 0.3 is 5.69 Å². The van der Waals surface area contributed by atoms with E-state index in [0.29, 0.717) is 10.2 Å². The summed E-state index contributed by atoms with van der Waals surface area (Å²) in [5.74, 6) is -0.178. The molecule has 152 valence electrons. The molecule has 1 aromatic carbocycles. The molecular formula is C22H25N3O3S. The Labute approximate surface area is 172 Å². The SMILES string of the molecule is Cc1ccc(Cn2c(=O)c3sccc3n(CC(=O)NC3CCCC3)c2=O)cc1C. The fourth-order valence-corrected chi connectivity index (χ4v) is 4.84. The number of hydrogen-bond acceptors (Lipinski definition) is 4. The van der Waals surface area contributed by atoms with Gasteiger partial charge in [0.1, 0.15) is 11.2 Å². The average Bonchev–Trinajstić information content (AvgIpc) is 3.37. The van der Waals surface area contributed by atoms with Crippen molar-refractivity contribution in [1.29, 1.82) is 0 Å². The van der Waals surface area contributed by atoms with Crippen LogP contribution in [0.5, 0.6) is 0 Å². The monoisotopic (exact) mass is 411 g/mol. The highest BCUT2D eigenvalue weighted by Crippen LogP contribution is 2.18. The summed E-state index contributed by atoms with van der Waals surface area (Å²) in [4.78, 5) is 38.7. The lowest BCUT2D eigenvalue weighted by Gasteiger charge is -2.15. The van der Waals surface area contributed by atoms with Gasteiger partial charge in [-0.2, -0.15) is 0 Å². The minimum absolute atomic E-state index is 0.0736. The first-order chi connectivity index (χ1) is 13.9. The van der Waals surface area contributed by atoms with Gasteiger partial charge in [-0.3, -0.25) is 18.7 Å². The van der Waals surface area contributed by atoms with Gasteiger partial charge in [0.05, 0.1) is 12.1 Å². The van der Waals surface area contributed by atoms with Crippen LogP contribution in [0.4, 0.5) is 0 Å². The Balaban J connectivity index is 1.71. The number of fused-ring (bicyclic) bond motifs is 1. The van der Waals surface area contributed by atoms with Gasteiger partial charge in [0.2, 0.25) is 5.91 Å². The second kappa shape index (κ2) is 7.99. The second-order valence-electron chi connectivity index (χ2n) is 7.86. The van der Waals surface area contributed by atoms with Gasteiger partial charge < -0.3 is 5.32 Å². The Kier molecular flexibility index (Phi) is 5.41. The number of benzene rings is 1. The molecule has 1 saturated carbocycles. The molecule has 1 N–H and O–H groups in total. The maximum atomic E-state index is 13.2. The van der Waals surface area contributed by atoms with Crippen LogP contribution in [0.25, 0.3) is 10.2 Å². The predicted molar refractivity (Wildman–Crippen MR) is 116 cm³/mol. The molecule has 7 heteroatoms. The summed E-state index contributed by atoms with van der Waals surface area (Å²) in [6, 6.07) is 7.86. The van der Waals surface area contributed by atoms with Crippen LogP contribution in [0.3, 0.4) is 0 Å². The highest BCUT2D eigenvalue weighted by molar-refractivity contribution is 7.17. The lowest BCUT2D eigenvalue weighted by atomic mass is 10.1. The zero-order chi connectivity index (χ0) is 20.5. The largest absolute Gasteiger partial charge is 0.352 e. The third kappa shape index (κ3) is 3.92. The van der Waals surface area contributed by atoms with Gasteiger partial charge in [0, 0.05) is 6.04 Å². The fourth-order valence-electron chi connectivity index (χ4n) is 4.00. The number of rotatable bonds is 5. The van der Waals surface area contributed by atoms with Crippen molar-refractivity contribution in [2.24, 2.45) is 0 Å². The van der Waals surface area contributed by atoms with Gasteiger partial charge in [-0.1, -0.05) is 31.0 Å². The summed E-state index contributed by atoms with van der Waals surface area (Å²) in [6.45, 7) is 4.15. The van der Waals surface area contributed by atoms with Crippen LogP contribution in [-0.2, 0) is 17.9 Å². The van der Waals surface area contributed by atoms with Gasteiger partial charge in [-0.25, -0.2) is 4.79 Å². The number of nitrogens with one attached hydrogen (secondary N) is 1. The van der Waals surface area contributed by atoms with Crippen LogP contribution in [0.15, 0.2) is 39.2 Å². The number of aromatic nitrogens is 2. The molecule has 6 nitrogen and oxygen atoms in total. The molecule has 1 fully saturated rings. The van der Waals surface area contributed by atoms with E-state index in [2.05, 4.69) is 5.32 Å². The molecule has 0 aliphatic heterocycles. The molecule has 29 heavy (non-hydrogen) atoms. The Hall–Kier alpha value is -2.67. The molecule has 4 rings (SSSR count). The zero-order valence-electron chi connectivity index (χ0n) is 16.7. The molecule has 1 aliphatic carbocycles. The smallest absolute Gasteiger partial charge is 0.332 e. The van der Waals surface area contributed by atoms with E-state index < -0.39 is 5.69 Å². The molecule has 2 aromatic heterocycles. The first kappa shape index (κ1) is 19.6.